The smallest absolute Gasteiger partial charge is 0.308 e. The quantitative estimate of drug-likeness (QED) is 0.874. The van der Waals surface area contributed by atoms with E-state index in [0.29, 0.717) is 11.1 Å². The predicted octanol–water partition coefficient (Wildman–Crippen LogP) is 3.05. The van der Waals surface area contributed by atoms with Crippen LogP contribution in [0.25, 0.3) is 0 Å². The van der Waals surface area contributed by atoms with Gasteiger partial charge in [0.15, 0.2) is 0 Å². The van der Waals surface area contributed by atoms with Crippen molar-refractivity contribution in [1.29, 1.82) is 0 Å². The minimum absolute atomic E-state index is 0.108. The minimum atomic E-state index is -0.711. The molecule has 1 amide bonds. The van der Waals surface area contributed by atoms with Crippen LogP contribution < -0.4 is 5.43 Å². The van der Waals surface area contributed by atoms with Gasteiger partial charge in [0, 0.05) is 11.6 Å². The molecule has 1 aliphatic heterocycles. The van der Waals surface area contributed by atoms with E-state index in [1.54, 1.807) is 24.3 Å². The number of anilines is 1. The second-order valence-electron chi connectivity index (χ2n) is 5.29. The first kappa shape index (κ1) is 15.9. The van der Waals surface area contributed by atoms with Crippen molar-refractivity contribution >= 4 is 17.6 Å². The van der Waals surface area contributed by atoms with Crippen LogP contribution in [-0.4, -0.2) is 24.0 Å². The number of amides is 1. The second-order valence-corrected chi connectivity index (χ2v) is 5.29. The molecular formula is C17H14F2N2O3. The maximum absolute atomic E-state index is 13.9. The van der Waals surface area contributed by atoms with Crippen molar-refractivity contribution in [2.45, 2.75) is 12.5 Å². The number of hydrogen-bond donors (Lipinski definition) is 1. The summed E-state index contributed by atoms with van der Waals surface area (Å²) in [5.74, 6) is -2.30. The molecule has 2 aromatic carbocycles. The van der Waals surface area contributed by atoms with E-state index in [0.717, 1.165) is 23.2 Å². The summed E-state index contributed by atoms with van der Waals surface area (Å²) >= 11 is 0. The molecule has 7 heteroatoms. The van der Waals surface area contributed by atoms with Crippen LogP contribution in [0.3, 0.4) is 0 Å². The minimum Gasteiger partial charge on any atom is -0.469 e. The van der Waals surface area contributed by atoms with Crippen LogP contribution in [0.2, 0.25) is 0 Å². The number of fused-ring (bicyclic) bond motifs is 1. The van der Waals surface area contributed by atoms with Crippen LogP contribution in [0, 0.1) is 11.6 Å². The van der Waals surface area contributed by atoms with Gasteiger partial charge in [-0.2, -0.15) is 0 Å². The lowest BCUT2D eigenvalue weighted by molar-refractivity contribution is -0.141. The van der Waals surface area contributed by atoms with Gasteiger partial charge in [-0.15, -0.1) is 0 Å². The number of nitrogens with zero attached hydrogens (tertiary/aromatic N) is 1. The Labute approximate surface area is 136 Å². The number of carbonyl (C=O) groups is 2. The van der Waals surface area contributed by atoms with E-state index in [-0.39, 0.29) is 12.1 Å². The van der Waals surface area contributed by atoms with E-state index in [4.69, 9.17) is 0 Å². The molecule has 0 aliphatic carbocycles. The van der Waals surface area contributed by atoms with E-state index < -0.39 is 29.6 Å². The average Bonchev–Trinajstić information content (AvgIpc) is 2.84. The molecule has 2 aromatic rings. The number of nitrogens with one attached hydrogen (secondary N) is 1. The average molecular weight is 332 g/mol. The molecule has 1 unspecified atom stereocenters. The standard InChI is InChI=1S/C17H14F2N2O3/c1-24-16(22)9-15-11-4-2-3-5-12(11)17(23)21(15)20-14-8-10(18)6-7-13(14)19/h2-8,15,20H,9H2,1H3. The van der Waals surface area contributed by atoms with Crippen molar-refractivity contribution in [3.8, 4) is 0 Å². The maximum Gasteiger partial charge on any atom is 0.308 e. The highest BCUT2D eigenvalue weighted by atomic mass is 19.1. The third-order valence-corrected chi connectivity index (χ3v) is 3.84. The van der Waals surface area contributed by atoms with Crippen molar-refractivity contribution < 1.29 is 23.1 Å². The number of hydrogen-bond acceptors (Lipinski definition) is 4. The molecule has 124 valence electrons. The van der Waals surface area contributed by atoms with Crippen LogP contribution in [0.4, 0.5) is 14.5 Å². The predicted molar refractivity (Wildman–Crippen MR) is 82.0 cm³/mol. The SMILES string of the molecule is COC(=O)CC1c2ccccc2C(=O)N1Nc1cc(F)ccc1F. The molecule has 1 aliphatic rings. The Hall–Kier alpha value is -2.96. The number of benzene rings is 2. The Bertz CT molecular complexity index is 810. The van der Waals surface area contributed by atoms with Crippen molar-refractivity contribution in [3.05, 3.63) is 65.2 Å². The summed E-state index contributed by atoms with van der Waals surface area (Å²) in [5.41, 5.74) is 3.42. The van der Waals surface area contributed by atoms with Crippen LogP contribution in [-0.2, 0) is 9.53 Å². The van der Waals surface area contributed by atoms with Gasteiger partial charge in [0.2, 0.25) is 0 Å². The Balaban J connectivity index is 1.97. The lowest BCUT2D eigenvalue weighted by atomic mass is 10.0. The van der Waals surface area contributed by atoms with Crippen molar-refractivity contribution in [3.63, 3.8) is 0 Å². The summed E-state index contributed by atoms with van der Waals surface area (Å²) in [4.78, 5) is 24.3. The van der Waals surface area contributed by atoms with Crippen molar-refractivity contribution in [2.24, 2.45) is 0 Å². The highest BCUT2D eigenvalue weighted by molar-refractivity contribution is 6.00. The van der Waals surface area contributed by atoms with Gasteiger partial charge < -0.3 is 4.74 Å². The summed E-state index contributed by atoms with van der Waals surface area (Å²) in [5, 5.41) is 1.12. The summed E-state index contributed by atoms with van der Waals surface area (Å²) in [6.07, 6.45) is -0.108. The van der Waals surface area contributed by atoms with E-state index >= 15 is 0 Å². The Morgan fingerprint density at radius 3 is 2.75 bits per heavy atom. The van der Waals surface area contributed by atoms with Crippen LogP contribution in [0.5, 0.6) is 0 Å². The fourth-order valence-corrected chi connectivity index (χ4v) is 2.68. The molecule has 0 bridgehead atoms. The molecule has 1 heterocycles. The molecule has 0 saturated heterocycles. The number of ether oxygens (including phenoxy) is 1. The van der Waals surface area contributed by atoms with E-state index in [1.165, 1.54) is 7.11 Å². The number of rotatable bonds is 4. The molecule has 3 rings (SSSR count). The van der Waals surface area contributed by atoms with E-state index in [1.807, 2.05) is 0 Å². The van der Waals surface area contributed by atoms with Gasteiger partial charge in [-0.1, -0.05) is 18.2 Å². The van der Waals surface area contributed by atoms with Gasteiger partial charge in [-0.3, -0.25) is 15.0 Å². The fourth-order valence-electron chi connectivity index (χ4n) is 2.68. The number of hydrazine groups is 1. The topological polar surface area (TPSA) is 58.6 Å². The normalized spacial score (nSPS) is 16.0. The Kier molecular flexibility index (Phi) is 4.16. The summed E-state index contributed by atoms with van der Waals surface area (Å²) < 4.78 is 31.9. The monoisotopic (exact) mass is 332 g/mol. The molecule has 0 spiro atoms. The Morgan fingerprint density at radius 2 is 2.00 bits per heavy atom. The van der Waals surface area contributed by atoms with Gasteiger partial charge in [-0.25, -0.2) is 13.8 Å². The number of halogens is 2. The lowest BCUT2D eigenvalue weighted by Crippen LogP contribution is -2.35. The van der Waals surface area contributed by atoms with E-state index in [2.05, 4.69) is 10.2 Å². The summed E-state index contributed by atoms with van der Waals surface area (Å²) in [6.45, 7) is 0. The maximum atomic E-state index is 13.9. The zero-order chi connectivity index (χ0) is 17.3. The Morgan fingerprint density at radius 1 is 1.25 bits per heavy atom. The summed E-state index contributed by atoms with van der Waals surface area (Å²) in [7, 11) is 1.25. The molecular weight excluding hydrogens is 318 g/mol. The number of methoxy groups -OCH3 is 1. The molecule has 5 nitrogen and oxygen atoms in total. The summed E-state index contributed by atoms with van der Waals surface area (Å²) in [6, 6.07) is 8.97. The van der Waals surface area contributed by atoms with Crippen molar-refractivity contribution in [2.75, 3.05) is 12.5 Å². The van der Waals surface area contributed by atoms with E-state index in [9.17, 15) is 18.4 Å². The zero-order valence-corrected chi connectivity index (χ0v) is 12.8. The van der Waals surface area contributed by atoms with Gasteiger partial charge in [0.25, 0.3) is 5.91 Å². The fraction of sp³-hybridized carbons (Fsp3) is 0.176. The second kappa shape index (κ2) is 6.27. The first-order valence-electron chi connectivity index (χ1n) is 7.22. The lowest BCUT2D eigenvalue weighted by Gasteiger charge is -2.26. The zero-order valence-electron chi connectivity index (χ0n) is 12.8. The molecule has 24 heavy (non-hydrogen) atoms. The van der Waals surface area contributed by atoms with Crippen molar-refractivity contribution in [1.82, 2.24) is 5.01 Å². The van der Waals surface area contributed by atoms with Gasteiger partial charge in [0.05, 0.1) is 25.3 Å². The molecule has 0 saturated carbocycles. The molecule has 0 radical (unpaired) electrons. The highest BCUT2D eigenvalue weighted by Crippen LogP contribution is 2.36. The van der Waals surface area contributed by atoms with Gasteiger partial charge in [0.1, 0.15) is 11.6 Å². The molecule has 0 aromatic heterocycles. The number of esters is 1. The van der Waals surface area contributed by atoms with Crippen LogP contribution in [0.1, 0.15) is 28.4 Å². The molecule has 1 atom stereocenters. The molecule has 1 N–H and O–H groups in total. The number of carbonyl (C=O) groups excluding carboxylic acids is 2. The van der Waals surface area contributed by atoms with Crippen LogP contribution >= 0.6 is 0 Å². The first-order chi connectivity index (χ1) is 11.5. The van der Waals surface area contributed by atoms with Gasteiger partial charge in [-0.05, 0) is 23.8 Å². The van der Waals surface area contributed by atoms with Crippen LogP contribution in [0.15, 0.2) is 42.5 Å². The molecule has 0 fully saturated rings. The third-order valence-electron chi connectivity index (χ3n) is 3.84. The highest BCUT2D eigenvalue weighted by Gasteiger charge is 2.38. The largest absolute Gasteiger partial charge is 0.469 e. The van der Waals surface area contributed by atoms with Gasteiger partial charge >= 0.3 is 5.97 Å². The third kappa shape index (κ3) is 2.80. The first-order valence-corrected chi connectivity index (χ1v) is 7.22.